The van der Waals surface area contributed by atoms with Gasteiger partial charge in [0.15, 0.2) is 5.82 Å². The largest absolute Gasteiger partial charge is 0.369 e. The van der Waals surface area contributed by atoms with E-state index in [9.17, 15) is 0 Å². The number of aryl methyl sites for hydroxylation is 3. The molecule has 92 valence electrons. The third kappa shape index (κ3) is 1.79. The van der Waals surface area contributed by atoms with Crippen molar-refractivity contribution in [1.29, 1.82) is 0 Å². The standard InChI is InChI=1S/C11H13N7/c1-17-7-14-10(16-17)3-5-18-9-2-4-13-6-8(9)15-11(18)12/h2,4,6-7H,3,5H2,1H3,(H2,12,15). The van der Waals surface area contributed by atoms with Gasteiger partial charge in [0, 0.05) is 26.2 Å². The molecule has 0 aliphatic carbocycles. The number of aromatic nitrogens is 6. The quantitative estimate of drug-likeness (QED) is 0.718. The Kier molecular flexibility index (Phi) is 2.44. The first kappa shape index (κ1) is 10.7. The first-order chi connectivity index (χ1) is 8.74. The Morgan fingerprint density at radius 1 is 1.39 bits per heavy atom. The van der Waals surface area contributed by atoms with Crippen LogP contribution in [-0.2, 0) is 20.0 Å². The number of imidazole rings is 1. The molecule has 0 saturated heterocycles. The number of anilines is 1. The van der Waals surface area contributed by atoms with Gasteiger partial charge in [-0.1, -0.05) is 0 Å². The average molecular weight is 243 g/mol. The molecule has 7 heteroatoms. The molecule has 3 aromatic heterocycles. The number of nitrogens with two attached hydrogens (primary N) is 1. The van der Waals surface area contributed by atoms with E-state index in [2.05, 4.69) is 20.1 Å². The summed E-state index contributed by atoms with van der Waals surface area (Å²) < 4.78 is 3.64. The van der Waals surface area contributed by atoms with Crippen molar-refractivity contribution in [2.75, 3.05) is 5.73 Å². The number of nitrogens with zero attached hydrogens (tertiary/aromatic N) is 6. The van der Waals surface area contributed by atoms with E-state index in [0.717, 1.165) is 23.3 Å². The average Bonchev–Trinajstić information content (AvgIpc) is 2.90. The van der Waals surface area contributed by atoms with E-state index in [1.807, 2.05) is 17.7 Å². The fourth-order valence-electron chi connectivity index (χ4n) is 1.95. The molecule has 0 aliphatic rings. The first-order valence-corrected chi connectivity index (χ1v) is 5.64. The van der Waals surface area contributed by atoms with Gasteiger partial charge < -0.3 is 10.3 Å². The van der Waals surface area contributed by atoms with E-state index in [0.29, 0.717) is 12.5 Å². The molecule has 0 saturated carbocycles. The summed E-state index contributed by atoms with van der Waals surface area (Å²) >= 11 is 0. The minimum Gasteiger partial charge on any atom is -0.369 e. The summed E-state index contributed by atoms with van der Waals surface area (Å²) in [5, 5.41) is 4.24. The lowest BCUT2D eigenvalue weighted by Gasteiger charge is -2.03. The summed E-state index contributed by atoms with van der Waals surface area (Å²) in [6, 6.07) is 1.91. The Labute approximate surface area is 103 Å². The maximum absolute atomic E-state index is 5.90. The topological polar surface area (TPSA) is 87.4 Å². The van der Waals surface area contributed by atoms with Crippen molar-refractivity contribution in [3.8, 4) is 0 Å². The summed E-state index contributed by atoms with van der Waals surface area (Å²) in [6.45, 7) is 0.705. The van der Waals surface area contributed by atoms with Gasteiger partial charge in [-0.05, 0) is 6.07 Å². The molecule has 0 fully saturated rings. The van der Waals surface area contributed by atoms with E-state index in [4.69, 9.17) is 5.73 Å². The second kappa shape index (κ2) is 4.10. The van der Waals surface area contributed by atoms with E-state index in [1.165, 1.54) is 0 Å². The molecule has 3 aromatic rings. The lowest BCUT2D eigenvalue weighted by Crippen LogP contribution is -2.06. The highest BCUT2D eigenvalue weighted by molar-refractivity contribution is 5.76. The van der Waals surface area contributed by atoms with Gasteiger partial charge in [0.2, 0.25) is 5.95 Å². The molecule has 0 atom stereocenters. The van der Waals surface area contributed by atoms with Gasteiger partial charge in [0.05, 0.1) is 11.7 Å². The minimum atomic E-state index is 0.494. The van der Waals surface area contributed by atoms with Crippen molar-refractivity contribution >= 4 is 17.0 Å². The Morgan fingerprint density at radius 2 is 2.28 bits per heavy atom. The predicted octanol–water partition coefficient (Wildman–Crippen LogP) is 0.385. The van der Waals surface area contributed by atoms with E-state index < -0.39 is 0 Å². The van der Waals surface area contributed by atoms with Crippen LogP contribution >= 0.6 is 0 Å². The molecule has 3 heterocycles. The van der Waals surface area contributed by atoms with Crippen molar-refractivity contribution in [2.24, 2.45) is 7.05 Å². The van der Waals surface area contributed by atoms with Crippen LogP contribution in [0, 0.1) is 0 Å². The van der Waals surface area contributed by atoms with Crippen LogP contribution in [0.1, 0.15) is 5.82 Å². The normalized spacial score (nSPS) is 11.2. The minimum absolute atomic E-state index is 0.494. The Balaban J connectivity index is 1.88. The van der Waals surface area contributed by atoms with Crippen LogP contribution in [0.5, 0.6) is 0 Å². The van der Waals surface area contributed by atoms with Crippen molar-refractivity contribution in [3.05, 3.63) is 30.6 Å². The third-order valence-electron chi connectivity index (χ3n) is 2.79. The number of hydrogen-bond donors (Lipinski definition) is 1. The van der Waals surface area contributed by atoms with Crippen LogP contribution in [0.25, 0.3) is 11.0 Å². The summed E-state index contributed by atoms with van der Waals surface area (Å²) in [5.41, 5.74) is 7.69. The first-order valence-electron chi connectivity index (χ1n) is 5.64. The molecule has 0 unspecified atom stereocenters. The van der Waals surface area contributed by atoms with E-state index in [-0.39, 0.29) is 0 Å². The van der Waals surface area contributed by atoms with Crippen molar-refractivity contribution < 1.29 is 0 Å². The molecule has 7 nitrogen and oxygen atoms in total. The van der Waals surface area contributed by atoms with Crippen LogP contribution in [0.15, 0.2) is 24.8 Å². The Morgan fingerprint density at radius 3 is 3.06 bits per heavy atom. The lowest BCUT2D eigenvalue weighted by atomic mass is 10.3. The fourth-order valence-corrected chi connectivity index (χ4v) is 1.95. The maximum atomic E-state index is 5.90. The molecule has 2 N–H and O–H groups in total. The molecule has 18 heavy (non-hydrogen) atoms. The zero-order valence-corrected chi connectivity index (χ0v) is 9.98. The highest BCUT2D eigenvalue weighted by atomic mass is 15.3. The van der Waals surface area contributed by atoms with E-state index in [1.54, 1.807) is 23.4 Å². The second-order valence-corrected chi connectivity index (χ2v) is 4.07. The maximum Gasteiger partial charge on any atom is 0.201 e. The van der Waals surface area contributed by atoms with Crippen LogP contribution in [0.2, 0.25) is 0 Å². The molecule has 0 aromatic carbocycles. The van der Waals surface area contributed by atoms with Crippen molar-refractivity contribution in [3.63, 3.8) is 0 Å². The third-order valence-corrected chi connectivity index (χ3v) is 2.79. The zero-order chi connectivity index (χ0) is 12.5. The Bertz CT molecular complexity index is 682. The van der Waals surface area contributed by atoms with Crippen molar-refractivity contribution in [1.82, 2.24) is 29.3 Å². The van der Waals surface area contributed by atoms with Gasteiger partial charge in [-0.25, -0.2) is 9.97 Å². The summed E-state index contributed by atoms with van der Waals surface area (Å²) in [5.74, 6) is 1.29. The summed E-state index contributed by atoms with van der Waals surface area (Å²) in [6.07, 6.45) is 5.85. The highest BCUT2D eigenvalue weighted by Crippen LogP contribution is 2.16. The second-order valence-electron chi connectivity index (χ2n) is 4.07. The van der Waals surface area contributed by atoms with Gasteiger partial charge in [-0.2, -0.15) is 5.10 Å². The number of hydrogen-bond acceptors (Lipinski definition) is 5. The van der Waals surface area contributed by atoms with Gasteiger partial charge >= 0.3 is 0 Å². The molecular weight excluding hydrogens is 230 g/mol. The molecule has 3 rings (SSSR count). The molecule has 0 spiro atoms. The molecule has 0 radical (unpaired) electrons. The zero-order valence-electron chi connectivity index (χ0n) is 9.98. The lowest BCUT2D eigenvalue weighted by molar-refractivity contribution is 0.677. The molecule has 0 bridgehead atoms. The van der Waals surface area contributed by atoms with Gasteiger partial charge in [-0.15, -0.1) is 0 Å². The number of fused-ring (bicyclic) bond motifs is 1. The monoisotopic (exact) mass is 243 g/mol. The summed E-state index contributed by atoms with van der Waals surface area (Å²) in [7, 11) is 1.85. The highest BCUT2D eigenvalue weighted by Gasteiger charge is 2.08. The molecule has 0 amide bonds. The fraction of sp³-hybridized carbons (Fsp3) is 0.273. The SMILES string of the molecule is Cn1cnc(CCn2c(N)nc3cnccc32)n1. The van der Waals surface area contributed by atoms with Crippen LogP contribution in [0.4, 0.5) is 5.95 Å². The predicted molar refractivity (Wildman–Crippen MR) is 66.6 cm³/mol. The van der Waals surface area contributed by atoms with Gasteiger partial charge in [0.25, 0.3) is 0 Å². The number of pyridine rings is 1. The van der Waals surface area contributed by atoms with Gasteiger partial charge in [0.1, 0.15) is 11.8 Å². The summed E-state index contributed by atoms with van der Waals surface area (Å²) in [4.78, 5) is 12.5. The van der Waals surface area contributed by atoms with Crippen LogP contribution in [0.3, 0.4) is 0 Å². The smallest absolute Gasteiger partial charge is 0.201 e. The van der Waals surface area contributed by atoms with Gasteiger partial charge in [-0.3, -0.25) is 9.67 Å². The number of nitrogen functional groups attached to an aromatic ring is 1. The van der Waals surface area contributed by atoms with Crippen molar-refractivity contribution in [2.45, 2.75) is 13.0 Å². The van der Waals surface area contributed by atoms with Crippen LogP contribution in [-0.4, -0.2) is 29.3 Å². The molecule has 0 aliphatic heterocycles. The van der Waals surface area contributed by atoms with Crippen LogP contribution < -0.4 is 5.73 Å². The Hall–Kier alpha value is -2.44. The van der Waals surface area contributed by atoms with E-state index >= 15 is 0 Å². The number of rotatable bonds is 3. The molecular formula is C11H13N7.